The fraction of sp³-hybridized carbons (Fsp3) is 0.200. The van der Waals surface area contributed by atoms with Gasteiger partial charge in [0.05, 0.1) is 10.7 Å². The Hall–Kier alpha value is -2.59. The number of benzene rings is 2. The maximum Gasteiger partial charge on any atom is 0.251 e. The first kappa shape index (κ1) is 18.7. The Balaban J connectivity index is 2.05. The van der Waals surface area contributed by atoms with Crippen LogP contribution in [-0.4, -0.2) is 18.4 Å². The van der Waals surface area contributed by atoms with E-state index in [4.69, 9.17) is 11.6 Å². The molecule has 0 saturated carbocycles. The molecule has 0 aliphatic heterocycles. The maximum atomic E-state index is 12.1. The lowest BCUT2D eigenvalue weighted by atomic mass is 10.1. The van der Waals surface area contributed by atoms with E-state index in [0.29, 0.717) is 28.7 Å². The van der Waals surface area contributed by atoms with Gasteiger partial charge in [-0.2, -0.15) is 0 Å². The van der Waals surface area contributed by atoms with Crippen molar-refractivity contribution in [1.29, 1.82) is 0 Å². The largest absolute Gasteiger partial charge is 0.352 e. The number of nitrogens with one attached hydrogen (secondary N) is 2. The molecule has 0 bridgehead atoms. The van der Waals surface area contributed by atoms with Gasteiger partial charge in [-0.05, 0) is 35.8 Å². The zero-order valence-corrected chi connectivity index (χ0v) is 15.0. The topological polar surface area (TPSA) is 58.2 Å². The fourth-order valence-corrected chi connectivity index (χ4v) is 2.24. The molecule has 5 heteroatoms. The van der Waals surface area contributed by atoms with Gasteiger partial charge in [-0.15, -0.1) is 0 Å². The number of carbonyl (C=O) groups is 2. The molecule has 130 valence electrons. The molecule has 4 nitrogen and oxygen atoms in total. The van der Waals surface area contributed by atoms with E-state index in [2.05, 4.69) is 10.6 Å². The number of hydrogen-bond donors (Lipinski definition) is 2. The summed E-state index contributed by atoms with van der Waals surface area (Å²) < 4.78 is 0. The Morgan fingerprint density at radius 3 is 2.52 bits per heavy atom. The van der Waals surface area contributed by atoms with Gasteiger partial charge in [0.25, 0.3) is 5.91 Å². The van der Waals surface area contributed by atoms with Crippen LogP contribution in [0.2, 0.25) is 5.02 Å². The summed E-state index contributed by atoms with van der Waals surface area (Å²) in [5.41, 5.74) is 1.78. The highest BCUT2D eigenvalue weighted by Gasteiger charge is 2.10. The number of anilines is 1. The average Bonchev–Trinajstić information content (AvgIpc) is 2.60. The van der Waals surface area contributed by atoms with E-state index in [0.717, 1.165) is 5.56 Å². The van der Waals surface area contributed by atoms with Crippen LogP contribution in [0, 0.1) is 5.92 Å². The Morgan fingerprint density at radius 2 is 1.84 bits per heavy atom. The van der Waals surface area contributed by atoms with Crippen LogP contribution in [0.5, 0.6) is 0 Å². The lowest BCUT2D eigenvalue weighted by Crippen LogP contribution is -2.27. The average molecular weight is 357 g/mol. The maximum absolute atomic E-state index is 12.1. The SMILES string of the molecule is CC(C)CNC(=O)c1ccc(Cl)c(NC(=O)C=Cc2ccccc2)c1. The first-order valence-corrected chi connectivity index (χ1v) is 8.45. The second-order valence-electron chi connectivity index (χ2n) is 6.03. The summed E-state index contributed by atoms with van der Waals surface area (Å²) >= 11 is 6.12. The number of rotatable bonds is 6. The van der Waals surface area contributed by atoms with E-state index >= 15 is 0 Å². The van der Waals surface area contributed by atoms with Crippen molar-refractivity contribution in [2.24, 2.45) is 5.92 Å². The summed E-state index contributed by atoms with van der Waals surface area (Å²) in [4.78, 5) is 24.2. The number of carbonyl (C=O) groups excluding carboxylic acids is 2. The third kappa shape index (κ3) is 6.08. The zero-order chi connectivity index (χ0) is 18.2. The van der Waals surface area contributed by atoms with Crippen molar-refractivity contribution in [1.82, 2.24) is 5.32 Å². The standard InChI is InChI=1S/C20H21ClN2O2/c1-14(2)13-22-20(25)16-9-10-17(21)18(12-16)23-19(24)11-8-15-6-4-3-5-7-15/h3-12,14H,13H2,1-2H3,(H,22,25)(H,23,24). The minimum atomic E-state index is -0.314. The third-order valence-electron chi connectivity index (χ3n) is 3.38. The van der Waals surface area contributed by atoms with Crippen molar-refractivity contribution < 1.29 is 9.59 Å². The van der Waals surface area contributed by atoms with Crippen LogP contribution in [0.4, 0.5) is 5.69 Å². The van der Waals surface area contributed by atoms with Crippen LogP contribution in [0.3, 0.4) is 0 Å². The molecule has 0 saturated heterocycles. The van der Waals surface area contributed by atoms with E-state index in [1.807, 2.05) is 44.2 Å². The van der Waals surface area contributed by atoms with E-state index in [1.165, 1.54) is 6.08 Å². The minimum Gasteiger partial charge on any atom is -0.352 e. The van der Waals surface area contributed by atoms with Crippen molar-refractivity contribution in [2.75, 3.05) is 11.9 Å². The van der Waals surface area contributed by atoms with E-state index in [-0.39, 0.29) is 11.8 Å². The van der Waals surface area contributed by atoms with Crippen LogP contribution in [0.1, 0.15) is 29.8 Å². The quantitative estimate of drug-likeness (QED) is 0.755. The molecule has 0 unspecified atom stereocenters. The van der Waals surface area contributed by atoms with Crippen LogP contribution in [-0.2, 0) is 4.79 Å². The number of hydrogen-bond acceptors (Lipinski definition) is 2. The van der Waals surface area contributed by atoms with Gasteiger partial charge in [0, 0.05) is 18.2 Å². The number of halogens is 1. The Labute approximate surface area is 152 Å². The van der Waals surface area contributed by atoms with Crippen LogP contribution in [0.15, 0.2) is 54.6 Å². The highest BCUT2D eigenvalue weighted by molar-refractivity contribution is 6.34. The highest BCUT2D eigenvalue weighted by Crippen LogP contribution is 2.23. The van der Waals surface area contributed by atoms with Gasteiger partial charge < -0.3 is 10.6 Å². The van der Waals surface area contributed by atoms with Gasteiger partial charge in [0.2, 0.25) is 5.91 Å². The van der Waals surface area contributed by atoms with Crippen molar-refractivity contribution in [3.63, 3.8) is 0 Å². The lowest BCUT2D eigenvalue weighted by Gasteiger charge is -2.10. The molecule has 0 heterocycles. The summed E-state index contributed by atoms with van der Waals surface area (Å²) in [5, 5.41) is 5.92. The van der Waals surface area contributed by atoms with Crippen LogP contribution < -0.4 is 10.6 Å². The van der Waals surface area contributed by atoms with Gasteiger partial charge >= 0.3 is 0 Å². The van der Waals surface area contributed by atoms with Gasteiger partial charge in [-0.25, -0.2) is 0 Å². The van der Waals surface area contributed by atoms with Crippen LogP contribution in [0.25, 0.3) is 6.08 Å². The molecule has 2 amide bonds. The van der Waals surface area contributed by atoms with Crippen molar-refractivity contribution in [3.05, 3.63) is 70.8 Å². The second kappa shape index (κ2) is 9.04. The smallest absolute Gasteiger partial charge is 0.251 e. The van der Waals surface area contributed by atoms with Crippen LogP contribution >= 0.6 is 11.6 Å². The predicted octanol–water partition coefficient (Wildman–Crippen LogP) is 4.38. The first-order valence-electron chi connectivity index (χ1n) is 8.07. The molecule has 0 aliphatic carbocycles. The van der Waals surface area contributed by atoms with E-state index in [1.54, 1.807) is 24.3 Å². The molecule has 0 aromatic heterocycles. The molecule has 0 radical (unpaired) electrons. The molecular formula is C20H21ClN2O2. The normalized spacial score (nSPS) is 10.9. The van der Waals surface area contributed by atoms with Gasteiger partial charge in [0.1, 0.15) is 0 Å². The molecule has 2 aromatic rings. The summed E-state index contributed by atoms with van der Waals surface area (Å²) in [7, 11) is 0. The molecule has 0 spiro atoms. The molecule has 0 fully saturated rings. The zero-order valence-electron chi connectivity index (χ0n) is 14.3. The molecular weight excluding hydrogens is 336 g/mol. The van der Waals surface area contributed by atoms with Gasteiger partial charge in [-0.1, -0.05) is 55.8 Å². The Morgan fingerprint density at radius 1 is 1.12 bits per heavy atom. The van der Waals surface area contributed by atoms with Crippen molar-refractivity contribution in [2.45, 2.75) is 13.8 Å². The number of amides is 2. The minimum absolute atomic E-state index is 0.194. The van der Waals surface area contributed by atoms with Crippen molar-refractivity contribution >= 4 is 35.2 Å². The monoisotopic (exact) mass is 356 g/mol. The molecule has 0 aliphatic rings. The Kier molecular flexibility index (Phi) is 6.78. The second-order valence-corrected chi connectivity index (χ2v) is 6.44. The van der Waals surface area contributed by atoms with Gasteiger partial charge in [-0.3, -0.25) is 9.59 Å². The summed E-state index contributed by atoms with van der Waals surface area (Å²) in [6.07, 6.45) is 3.14. The van der Waals surface area contributed by atoms with E-state index < -0.39 is 0 Å². The molecule has 2 N–H and O–H groups in total. The van der Waals surface area contributed by atoms with Crippen molar-refractivity contribution in [3.8, 4) is 0 Å². The summed E-state index contributed by atoms with van der Waals surface area (Å²) in [6, 6.07) is 14.3. The molecule has 2 rings (SSSR count). The first-order chi connectivity index (χ1) is 12.0. The predicted molar refractivity (Wildman–Crippen MR) is 103 cm³/mol. The lowest BCUT2D eigenvalue weighted by molar-refractivity contribution is -0.111. The highest BCUT2D eigenvalue weighted by atomic mass is 35.5. The molecule has 2 aromatic carbocycles. The fourth-order valence-electron chi connectivity index (χ4n) is 2.07. The summed E-state index contributed by atoms with van der Waals surface area (Å²) in [6.45, 7) is 4.63. The Bertz CT molecular complexity index is 771. The van der Waals surface area contributed by atoms with E-state index in [9.17, 15) is 9.59 Å². The summed E-state index contributed by atoms with van der Waals surface area (Å²) in [5.74, 6) is -0.148. The van der Waals surface area contributed by atoms with Gasteiger partial charge in [0.15, 0.2) is 0 Å². The third-order valence-corrected chi connectivity index (χ3v) is 3.71. The molecule has 0 atom stereocenters. The molecule has 25 heavy (non-hydrogen) atoms.